The minimum Gasteiger partial charge on any atom is -0.481 e. The van der Waals surface area contributed by atoms with Crippen molar-refractivity contribution in [2.24, 2.45) is 7.05 Å². The van der Waals surface area contributed by atoms with Crippen molar-refractivity contribution in [3.8, 4) is 17.0 Å². The lowest BCUT2D eigenvalue weighted by molar-refractivity contribution is -0.143. The summed E-state index contributed by atoms with van der Waals surface area (Å²) >= 11 is 5.86. The summed E-state index contributed by atoms with van der Waals surface area (Å²) in [5.41, 5.74) is -2.40. The molecule has 0 unspecified atom stereocenters. The molecule has 2 aliphatic rings. The Morgan fingerprint density at radius 1 is 1.33 bits per heavy atom. The van der Waals surface area contributed by atoms with Gasteiger partial charge in [-0.05, 0) is 0 Å². The van der Waals surface area contributed by atoms with Crippen LogP contribution in [-0.4, -0.2) is 34.7 Å². The van der Waals surface area contributed by atoms with Crippen LogP contribution in [0.3, 0.4) is 0 Å². The van der Waals surface area contributed by atoms with Crippen LogP contribution >= 0.6 is 11.6 Å². The number of hydrogen-bond donors (Lipinski definition) is 1. The minimum absolute atomic E-state index is 0.0195. The number of amides is 2. The lowest BCUT2D eigenvalue weighted by Gasteiger charge is -2.35. The number of hydrogen-bond acceptors (Lipinski definition) is 4. The monoisotopic (exact) mass is 404 g/mol. The second-order valence-electron chi connectivity index (χ2n) is 5.90. The van der Waals surface area contributed by atoms with E-state index in [-0.39, 0.29) is 30.3 Å². The minimum atomic E-state index is -4.83. The Labute approximate surface area is 153 Å². The van der Waals surface area contributed by atoms with Crippen LogP contribution in [0.2, 0.25) is 5.02 Å². The summed E-state index contributed by atoms with van der Waals surface area (Å²) in [5.74, 6) is -2.21. The number of aromatic nitrogens is 2. The lowest BCUT2D eigenvalue weighted by atomic mass is 10.0. The highest BCUT2D eigenvalue weighted by molar-refractivity contribution is 6.34. The molecule has 0 saturated carbocycles. The summed E-state index contributed by atoms with van der Waals surface area (Å²) in [7, 11) is 1.01. The third kappa shape index (κ3) is 2.52. The fourth-order valence-electron chi connectivity index (χ4n) is 3.15. The Hall–Kier alpha value is -2.82. The normalized spacial score (nSPS) is 16.1. The number of alkyl halides is 3. The fourth-order valence-corrected chi connectivity index (χ4v) is 3.51. The van der Waals surface area contributed by atoms with Crippen LogP contribution in [0.15, 0.2) is 6.07 Å². The Bertz CT molecular complexity index is 1020. The molecule has 0 aliphatic carbocycles. The van der Waals surface area contributed by atoms with Crippen molar-refractivity contribution in [2.75, 3.05) is 23.4 Å². The van der Waals surface area contributed by atoms with E-state index in [0.717, 1.165) is 18.0 Å². The molecule has 4 rings (SSSR count). The number of ether oxygens (including phenoxy) is 1. The SMILES string of the molecule is Cn1nc(-c2c(F)cc3c4c2NC(=O)CN4C(=O)CO3)c(Cl)c1C(F)(F)F. The lowest BCUT2D eigenvalue weighted by Crippen LogP contribution is -2.47. The number of rotatable bonds is 1. The highest BCUT2D eigenvalue weighted by atomic mass is 35.5. The summed E-state index contributed by atoms with van der Waals surface area (Å²) in [6.07, 6.45) is -4.83. The average Bonchev–Trinajstić information content (AvgIpc) is 2.84. The molecule has 2 aromatic rings. The van der Waals surface area contributed by atoms with Gasteiger partial charge in [-0.1, -0.05) is 11.6 Å². The van der Waals surface area contributed by atoms with E-state index in [9.17, 15) is 27.2 Å². The van der Waals surface area contributed by atoms with Gasteiger partial charge in [-0.2, -0.15) is 18.3 Å². The third-order valence-electron chi connectivity index (χ3n) is 4.20. The van der Waals surface area contributed by atoms with E-state index >= 15 is 0 Å². The number of anilines is 2. The maximum absolute atomic E-state index is 14.8. The van der Waals surface area contributed by atoms with Gasteiger partial charge in [0.15, 0.2) is 12.3 Å². The summed E-state index contributed by atoms with van der Waals surface area (Å²) < 4.78 is 60.0. The van der Waals surface area contributed by atoms with Gasteiger partial charge in [-0.3, -0.25) is 19.2 Å². The quantitative estimate of drug-likeness (QED) is 0.741. The molecule has 0 atom stereocenters. The van der Waals surface area contributed by atoms with Crippen molar-refractivity contribution in [1.82, 2.24) is 9.78 Å². The molecule has 1 N–H and O–H groups in total. The van der Waals surface area contributed by atoms with Crippen molar-refractivity contribution in [1.29, 1.82) is 0 Å². The third-order valence-corrected chi connectivity index (χ3v) is 4.56. The van der Waals surface area contributed by atoms with Crippen LogP contribution in [0.25, 0.3) is 11.3 Å². The van der Waals surface area contributed by atoms with Crippen LogP contribution in [0, 0.1) is 5.82 Å². The number of nitrogens with zero attached hydrogens (tertiary/aromatic N) is 3. The molecule has 7 nitrogen and oxygen atoms in total. The van der Waals surface area contributed by atoms with Crippen LogP contribution < -0.4 is 15.0 Å². The molecule has 27 heavy (non-hydrogen) atoms. The van der Waals surface area contributed by atoms with Gasteiger partial charge in [0.2, 0.25) is 5.91 Å². The summed E-state index contributed by atoms with van der Waals surface area (Å²) in [4.78, 5) is 25.1. The maximum Gasteiger partial charge on any atom is 0.434 e. The molecule has 1 aromatic carbocycles. The summed E-state index contributed by atoms with van der Waals surface area (Å²) in [6.45, 7) is -0.710. The van der Waals surface area contributed by atoms with Gasteiger partial charge in [0, 0.05) is 13.1 Å². The van der Waals surface area contributed by atoms with Crippen molar-refractivity contribution in [2.45, 2.75) is 6.18 Å². The first kappa shape index (κ1) is 17.6. The molecule has 1 aromatic heterocycles. The molecule has 2 amide bonds. The molecule has 12 heteroatoms. The van der Waals surface area contributed by atoms with E-state index in [4.69, 9.17) is 16.3 Å². The number of aryl methyl sites for hydroxylation is 1. The highest BCUT2D eigenvalue weighted by Crippen LogP contribution is 2.50. The second kappa shape index (κ2) is 5.59. The highest BCUT2D eigenvalue weighted by Gasteiger charge is 2.42. The molecule has 0 spiro atoms. The topological polar surface area (TPSA) is 76.5 Å². The van der Waals surface area contributed by atoms with E-state index in [1.165, 1.54) is 0 Å². The zero-order chi connectivity index (χ0) is 19.7. The predicted octanol–water partition coefficient (Wildman–Crippen LogP) is 2.58. The largest absolute Gasteiger partial charge is 0.481 e. The van der Waals surface area contributed by atoms with Gasteiger partial charge < -0.3 is 10.1 Å². The number of carbonyl (C=O) groups excluding carboxylic acids is 2. The van der Waals surface area contributed by atoms with Gasteiger partial charge in [0.1, 0.15) is 29.5 Å². The van der Waals surface area contributed by atoms with Gasteiger partial charge in [-0.25, -0.2) is 4.39 Å². The summed E-state index contributed by atoms with van der Waals surface area (Å²) in [6, 6.07) is 0.920. The molecular weight excluding hydrogens is 396 g/mol. The number of halogens is 5. The zero-order valence-corrected chi connectivity index (χ0v) is 14.2. The zero-order valence-electron chi connectivity index (χ0n) is 13.4. The van der Waals surface area contributed by atoms with Crippen LogP contribution in [0.5, 0.6) is 5.75 Å². The molecule has 2 aliphatic heterocycles. The van der Waals surface area contributed by atoms with Crippen molar-refractivity contribution in [3.63, 3.8) is 0 Å². The molecule has 0 radical (unpaired) electrons. The molecular formula is C15H9ClF4N4O3. The second-order valence-corrected chi connectivity index (χ2v) is 6.28. The van der Waals surface area contributed by atoms with Crippen molar-refractivity contribution < 1.29 is 31.9 Å². The van der Waals surface area contributed by atoms with E-state index in [0.29, 0.717) is 4.68 Å². The standard InChI is InChI=1S/C15H9ClF4N4O3/c1-23-14(15(18,19)20)10(16)11(22-23)9-5(17)2-6-13-12(9)21-7(25)3-24(13)8(26)4-27-6/h2H,3-4H2,1H3,(H,21,25). The van der Waals surface area contributed by atoms with Gasteiger partial charge in [0.05, 0.1) is 16.3 Å². The van der Waals surface area contributed by atoms with E-state index < -0.39 is 45.8 Å². The number of carbonyl (C=O) groups is 2. The first-order valence-corrected chi connectivity index (χ1v) is 7.87. The smallest absolute Gasteiger partial charge is 0.434 e. The molecule has 142 valence electrons. The number of benzene rings is 1. The first-order chi connectivity index (χ1) is 12.6. The van der Waals surface area contributed by atoms with Crippen LogP contribution in [0.1, 0.15) is 5.69 Å². The fraction of sp³-hybridized carbons (Fsp3) is 0.267. The Kier molecular flexibility index (Phi) is 3.64. The molecule has 3 heterocycles. The summed E-state index contributed by atoms with van der Waals surface area (Å²) in [5, 5.41) is 5.24. The molecule has 0 bridgehead atoms. The molecule has 0 saturated heterocycles. The molecule has 0 fully saturated rings. The van der Waals surface area contributed by atoms with E-state index in [1.807, 2.05) is 0 Å². The van der Waals surface area contributed by atoms with Gasteiger partial charge in [-0.15, -0.1) is 0 Å². The van der Waals surface area contributed by atoms with Crippen LogP contribution in [0.4, 0.5) is 28.9 Å². The van der Waals surface area contributed by atoms with Gasteiger partial charge >= 0.3 is 6.18 Å². The Balaban J connectivity index is 2.02. The van der Waals surface area contributed by atoms with Crippen molar-refractivity contribution in [3.05, 3.63) is 22.6 Å². The van der Waals surface area contributed by atoms with Gasteiger partial charge in [0.25, 0.3) is 5.91 Å². The van der Waals surface area contributed by atoms with E-state index in [1.54, 1.807) is 0 Å². The van der Waals surface area contributed by atoms with Crippen molar-refractivity contribution >= 4 is 34.8 Å². The maximum atomic E-state index is 14.8. The van der Waals surface area contributed by atoms with E-state index in [2.05, 4.69) is 10.4 Å². The average molecular weight is 405 g/mol. The first-order valence-electron chi connectivity index (χ1n) is 7.49. The predicted molar refractivity (Wildman–Crippen MR) is 85.1 cm³/mol. The van der Waals surface area contributed by atoms with Crippen LogP contribution in [-0.2, 0) is 22.8 Å². The Morgan fingerprint density at radius 2 is 2.04 bits per heavy atom. The Morgan fingerprint density at radius 3 is 2.67 bits per heavy atom. The number of nitrogens with one attached hydrogen (secondary N) is 1.